The SMILES string of the molecule is CCn1c(=O)cc(N2CCC3CCCCC3C2)c2cc(N(C)C(=O)c3ccccc3)ccc21. The number of piperidine rings is 1. The van der Waals surface area contributed by atoms with E-state index in [9.17, 15) is 9.59 Å². The number of fused-ring (bicyclic) bond motifs is 2. The van der Waals surface area contributed by atoms with Crippen molar-refractivity contribution in [1.82, 2.24) is 4.57 Å². The van der Waals surface area contributed by atoms with Crippen molar-refractivity contribution < 1.29 is 4.79 Å². The number of aryl methyl sites for hydroxylation is 1. The Hall–Kier alpha value is -3.08. The van der Waals surface area contributed by atoms with E-state index in [4.69, 9.17) is 0 Å². The molecule has 5 heteroatoms. The minimum absolute atomic E-state index is 0.0386. The number of anilines is 2. The summed E-state index contributed by atoms with van der Waals surface area (Å²) in [6.07, 6.45) is 6.54. The number of carbonyl (C=O) groups excluding carboxylic acids is 1. The number of pyridine rings is 1. The summed E-state index contributed by atoms with van der Waals surface area (Å²) < 4.78 is 1.83. The molecular weight excluding hydrogens is 410 g/mol. The molecule has 2 aromatic carbocycles. The van der Waals surface area contributed by atoms with E-state index in [0.717, 1.165) is 47.2 Å². The van der Waals surface area contributed by atoms with Gasteiger partial charge in [-0.05, 0) is 61.9 Å². The molecule has 172 valence electrons. The van der Waals surface area contributed by atoms with Crippen LogP contribution in [0.4, 0.5) is 11.4 Å². The van der Waals surface area contributed by atoms with Crippen LogP contribution in [0.3, 0.4) is 0 Å². The molecule has 1 aliphatic heterocycles. The van der Waals surface area contributed by atoms with Crippen molar-refractivity contribution in [3.63, 3.8) is 0 Å². The van der Waals surface area contributed by atoms with Gasteiger partial charge in [0.2, 0.25) is 0 Å². The van der Waals surface area contributed by atoms with Crippen molar-refractivity contribution in [1.29, 1.82) is 0 Å². The molecule has 2 heterocycles. The maximum Gasteiger partial charge on any atom is 0.258 e. The molecule has 5 rings (SSSR count). The Kier molecular flexibility index (Phi) is 5.96. The highest BCUT2D eigenvalue weighted by molar-refractivity contribution is 6.07. The minimum Gasteiger partial charge on any atom is -0.371 e. The molecule has 0 bridgehead atoms. The number of aromatic nitrogens is 1. The van der Waals surface area contributed by atoms with Gasteiger partial charge in [-0.25, -0.2) is 0 Å². The van der Waals surface area contributed by atoms with Crippen LogP contribution in [-0.4, -0.2) is 30.6 Å². The second-order valence-electron chi connectivity index (χ2n) is 9.58. The first-order chi connectivity index (χ1) is 16.1. The molecule has 0 N–H and O–H groups in total. The average Bonchev–Trinajstić information content (AvgIpc) is 2.87. The van der Waals surface area contributed by atoms with Crippen molar-refractivity contribution in [3.05, 3.63) is 70.5 Å². The fourth-order valence-corrected chi connectivity index (χ4v) is 5.86. The molecule has 1 aliphatic carbocycles. The van der Waals surface area contributed by atoms with E-state index in [2.05, 4.69) is 11.0 Å². The zero-order valence-corrected chi connectivity index (χ0v) is 19.7. The summed E-state index contributed by atoms with van der Waals surface area (Å²) >= 11 is 0. The average molecular weight is 444 g/mol. The highest BCUT2D eigenvalue weighted by Gasteiger charge is 2.32. The normalized spacial score (nSPS) is 20.5. The lowest BCUT2D eigenvalue weighted by Crippen LogP contribution is -2.42. The van der Waals surface area contributed by atoms with Crippen molar-refractivity contribution in [3.8, 4) is 0 Å². The Bertz CT molecular complexity index is 1220. The van der Waals surface area contributed by atoms with Crippen molar-refractivity contribution in [2.24, 2.45) is 11.8 Å². The molecule has 2 aliphatic rings. The molecule has 1 saturated heterocycles. The molecule has 2 unspecified atom stereocenters. The number of rotatable bonds is 4. The third-order valence-corrected chi connectivity index (χ3v) is 7.73. The molecule has 2 fully saturated rings. The summed E-state index contributed by atoms with van der Waals surface area (Å²) in [5.74, 6) is 1.52. The molecule has 0 spiro atoms. The second kappa shape index (κ2) is 9.05. The van der Waals surface area contributed by atoms with Crippen LogP contribution in [0.1, 0.15) is 49.4 Å². The summed E-state index contributed by atoms with van der Waals surface area (Å²) in [7, 11) is 1.82. The van der Waals surface area contributed by atoms with Gasteiger partial charge in [0.1, 0.15) is 0 Å². The molecule has 1 amide bonds. The standard InChI is InChI=1S/C28H33N3O2/c1-3-31-25-14-13-23(29(2)28(33)21-10-5-4-6-11-21)17-24(25)26(18-27(31)32)30-16-15-20-9-7-8-12-22(20)19-30/h4-6,10-11,13-14,17-18,20,22H,3,7-9,12,15-16,19H2,1-2H3. The van der Waals surface area contributed by atoms with Gasteiger partial charge in [0.25, 0.3) is 11.5 Å². The first kappa shape index (κ1) is 21.7. The van der Waals surface area contributed by atoms with Gasteiger partial charge in [-0.15, -0.1) is 0 Å². The van der Waals surface area contributed by atoms with Crippen LogP contribution in [0.2, 0.25) is 0 Å². The van der Waals surface area contributed by atoms with Gasteiger partial charge in [0.05, 0.1) is 11.2 Å². The summed E-state index contributed by atoms with van der Waals surface area (Å²) in [5, 5.41) is 1.05. The fourth-order valence-electron chi connectivity index (χ4n) is 5.86. The predicted octanol–water partition coefficient (Wildman–Crippen LogP) is 5.31. The van der Waals surface area contributed by atoms with Crippen LogP contribution in [0.25, 0.3) is 10.9 Å². The Morgan fingerprint density at radius 1 is 1.00 bits per heavy atom. The maximum absolute atomic E-state index is 13.1. The lowest BCUT2D eigenvalue weighted by Gasteiger charge is -2.42. The second-order valence-corrected chi connectivity index (χ2v) is 9.58. The summed E-state index contributed by atoms with van der Waals surface area (Å²) in [6, 6.07) is 17.2. The van der Waals surface area contributed by atoms with Gasteiger partial charge in [-0.3, -0.25) is 9.59 Å². The zero-order chi connectivity index (χ0) is 22.9. The van der Waals surface area contributed by atoms with Gasteiger partial charge in [0, 0.05) is 49.4 Å². The van der Waals surface area contributed by atoms with E-state index in [0.29, 0.717) is 12.1 Å². The predicted molar refractivity (Wildman–Crippen MR) is 135 cm³/mol. The van der Waals surface area contributed by atoms with E-state index in [1.165, 1.54) is 32.1 Å². The first-order valence-electron chi connectivity index (χ1n) is 12.3. The molecule has 33 heavy (non-hydrogen) atoms. The summed E-state index contributed by atoms with van der Waals surface area (Å²) in [4.78, 5) is 30.2. The Balaban J connectivity index is 1.56. The number of benzene rings is 2. The monoisotopic (exact) mass is 443 g/mol. The smallest absolute Gasteiger partial charge is 0.258 e. The summed E-state index contributed by atoms with van der Waals surface area (Å²) in [5.41, 5.74) is 3.51. The van der Waals surface area contributed by atoms with Crippen molar-refractivity contribution >= 4 is 28.2 Å². The minimum atomic E-state index is -0.0386. The molecular formula is C28H33N3O2. The van der Waals surface area contributed by atoms with E-state index < -0.39 is 0 Å². The topological polar surface area (TPSA) is 45.6 Å². The van der Waals surface area contributed by atoms with E-state index in [-0.39, 0.29) is 11.5 Å². The number of amides is 1. The van der Waals surface area contributed by atoms with Gasteiger partial charge >= 0.3 is 0 Å². The molecule has 2 atom stereocenters. The van der Waals surface area contributed by atoms with Crippen LogP contribution in [-0.2, 0) is 6.54 Å². The van der Waals surface area contributed by atoms with Crippen LogP contribution in [0.15, 0.2) is 59.4 Å². The molecule has 3 aromatic rings. The van der Waals surface area contributed by atoms with Gasteiger partial charge < -0.3 is 14.4 Å². The van der Waals surface area contributed by atoms with E-state index in [1.807, 2.05) is 67.1 Å². The number of hydrogen-bond acceptors (Lipinski definition) is 3. The molecule has 5 nitrogen and oxygen atoms in total. The van der Waals surface area contributed by atoms with Crippen molar-refractivity contribution in [2.45, 2.75) is 45.6 Å². The first-order valence-corrected chi connectivity index (χ1v) is 12.3. The van der Waals surface area contributed by atoms with E-state index in [1.54, 1.807) is 4.90 Å². The van der Waals surface area contributed by atoms with Gasteiger partial charge in [-0.2, -0.15) is 0 Å². The van der Waals surface area contributed by atoms with Crippen LogP contribution >= 0.6 is 0 Å². The molecule has 1 aromatic heterocycles. The highest BCUT2D eigenvalue weighted by Crippen LogP contribution is 2.39. The Morgan fingerprint density at radius 2 is 1.76 bits per heavy atom. The van der Waals surface area contributed by atoms with Crippen LogP contribution < -0.4 is 15.4 Å². The van der Waals surface area contributed by atoms with Crippen LogP contribution in [0.5, 0.6) is 0 Å². The Morgan fingerprint density at radius 3 is 2.52 bits per heavy atom. The maximum atomic E-state index is 13.1. The number of nitrogens with zero attached hydrogens (tertiary/aromatic N) is 3. The molecule has 1 saturated carbocycles. The van der Waals surface area contributed by atoms with Gasteiger partial charge in [-0.1, -0.05) is 37.5 Å². The van der Waals surface area contributed by atoms with Crippen molar-refractivity contribution in [2.75, 3.05) is 29.9 Å². The number of carbonyl (C=O) groups is 1. The Labute approximate surface area is 195 Å². The van der Waals surface area contributed by atoms with Gasteiger partial charge in [0.15, 0.2) is 0 Å². The van der Waals surface area contributed by atoms with E-state index >= 15 is 0 Å². The third kappa shape index (κ3) is 4.05. The third-order valence-electron chi connectivity index (χ3n) is 7.73. The molecule has 0 radical (unpaired) electrons. The van der Waals surface area contributed by atoms with Crippen LogP contribution in [0, 0.1) is 11.8 Å². The number of hydrogen-bond donors (Lipinski definition) is 0. The quantitative estimate of drug-likeness (QED) is 0.549. The zero-order valence-electron chi connectivity index (χ0n) is 19.7. The highest BCUT2D eigenvalue weighted by atomic mass is 16.2. The lowest BCUT2D eigenvalue weighted by molar-refractivity contribution is 0.0993. The summed E-state index contributed by atoms with van der Waals surface area (Å²) in [6.45, 7) is 4.65. The lowest BCUT2D eigenvalue weighted by atomic mass is 9.75. The largest absolute Gasteiger partial charge is 0.371 e. The fraction of sp³-hybridized carbons (Fsp3) is 0.429.